The highest BCUT2D eigenvalue weighted by Gasteiger charge is 2.08. The van der Waals surface area contributed by atoms with Gasteiger partial charge in [0.1, 0.15) is 17.3 Å². The van der Waals surface area contributed by atoms with Crippen LogP contribution < -0.4 is 10.6 Å². The minimum atomic E-state index is -0.706. The Balaban J connectivity index is 1.87. The molecule has 0 aliphatic carbocycles. The number of para-hydroxylation sites is 1. The molecule has 0 aromatic heterocycles. The van der Waals surface area contributed by atoms with Crippen molar-refractivity contribution in [2.75, 3.05) is 17.2 Å². The summed E-state index contributed by atoms with van der Waals surface area (Å²) in [5.74, 6) is -1.73. The highest BCUT2D eigenvalue weighted by molar-refractivity contribution is 5.91. The fourth-order valence-corrected chi connectivity index (χ4v) is 1.86. The predicted molar refractivity (Wildman–Crippen MR) is 79.3 cm³/mol. The van der Waals surface area contributed by atoms with E-state index in [-0.39, 0.29) is 24.6 Å². The molecule has 0 heterocycles. The highest BCUT2D eigenvalue weighted by Crippen LogP contribution is 2.17. The molecule has 0 aliphatic rings. The van der Waals surface area contributed by atoms with Crippen molar-refractivity contribution in [3.05, 3.63) is 59.7 Å². The number of anilines is 2. The van der Waals surface area contributed by atoms with Gasteiger partial charge in [-0.1, -0.05) is 12.1 Å². The first-order valence-electron chi connectivity index (χ1n) is 6.58. The van der Waals surface area contributed by atoms with Gasteiger partial charge in [-0.15, -0.1) is 0 Å². The van der Waals surface area contributed by atoms with Crippen molar-refractivity contribution < 1.29 is 13.6 Å². The first-order chi connectivity index (χ1) is 10.6. The van der Waals surface area contributed by atoms with E-state index in [9.17, 15) is 13.6 Å². The average molecular weight is 301 g/mol. The lowest BCUT2D eigenvalue weighted by molar-refractivity contribution is -0.115. The Bertz CT molecular complexity index is 705. The predicted octanol–water partition coefficient (Wildman–Crippen LogP) is 3.28. The first kappa shape index (κ1) is 15.4. The van der Waals surface area contributed by atoms with Crippen LogP contribution in [0.4, 0.5) is 20.2 Å². The lowest BCUT2D eigenvalue weighted by atomic mass is 10.2. The minimum absolute atomic E-state index is 0.0323. The number of nitrogens with zero attached hydrogens (tertiary/aromatic N) is 1. The van der Waals surface area contributed by atoms with Gasteiger partial charge < -0.3 is 10.6 Å². The zero-order valence-electron chi connectivity index (χ0n) is 11.6. The summed E-state index contributed by atoms with van der Waals surface area (Å²) in [6.07, 6.45) is 0.0323. The Morgan fingerprint density at radius 3 is 2.50 bits per heavy atom. The van der Waals surface area contributed by atoms with Gasteiger partial charge >= 0.3 is 0 Å². The van der Waals surface area contributed by atoms with Crippen molar-refractivity contribution in [1.29, 1.82) is 5.26 Å². The molecule has 0 spiro atoms. The number of hydrogen-bond acceptors (Lipinski definition) is 3. The largest absolute Gasteiger partial charge is 0.380 e. The van der Waals surface area contributed by atoms with Gasteiger partial charge in [-0.05, 0) is 30.3 Å². The molecule has 22 heavy (non-hydrogen) atoms. The zero-order chi connectivity index (χ0) is 15.9. The highest BCUT2D eigenvalue weighted by atomic mass is 19.1. The van der Waals surface area contributed by atoms with Crippen LogP contribution >= 0.6 is 0 Å². The van der Waals surface area contributed by atoms with Crippen molar-refractivity contribution >= 4 is 17.3 Å². The number of nitrogens with one attached hydrogen (secondary N) is 2. The number of amides is 1. The van der Waals surface area contributed by atoms with E-state index in [1.54, 1.807) is 24.3 Å². The maximum atomic E-state index is 13.4. The number of halogens is 2. The van der Waals surface area contributed by atoms with Crippen LogP contribution in [0.2, 0.25) is 0 Å². The third-order valence-corrected chi connectivity index (χ3v) is 2.89. The molecular weight excluding hydrogens is 288 g/mol. The van der Waals surface area contributed by atoms with Gasteiger partial charge in [-0.3, -0.25) is 4.79 Å². The fraction of sp³-hybridized carbons (Fsp3) is 0.125. The molecule has 112 valence electrons. The van der Waals surface area contributed by atoms with Crippen molar-refractivity contribution in [3.63, 3.8) is 0 Å². The standard InChI is InChI=1S/C16H13F2N3O/c17-13-5-2-6-14(18)16(13)20-8-7-15(22)21-12-4-1-3-11(9-12)10-19/h1-6,9,20H,7-8H2,(H,21,22). The van der Waals surface area contributed by atoms with E-state index in [2.05, 4.69) is 10.6 Å². The van der Waals surface area contributed by atoms with Crippen molar-refractivity contribution in [2.24, 2.45) is 0 Å². The van der Waals surface area contributed by atoms with E-state index in [4.69, 9.17) is 5.26 Å². The molecule has 2 aromatic carbocycles. The molecule has 2 rings (SSSR count). The summed E-state index contributed by atoms with van der Waals surface area (Å²) in [6.45, 7) is 0.0849. The second-order valence-electron chi connectivity index (χ2n) is 4.51. The van der Waals surface area contributed by atoms with Crippen LogP contribution in [0.15, 0.2) is 42.5 Å². The second-order valence-corrected chi connectivity index (χ2v) is 4.51. The summed E-state index contributed by atoms with van der Waals surface area (Å²) in [5.41, 5.74) is 0.687. The van der Waals surface area contributed by atoms with Crippen molar-refractivity contribution in [2.45, 2.75) is 6.42 Å². The molecule has 6 heteroatoms. The SMILES string of the molecule is N#Cc1cccc(NC(=O)CCNc2c(F)cccc2F)c1. The number of benzene rings is 2. The third-order valence-electron chi connectivity index (χ3n) is 2.89. The summed E-state index contributed by atoms with van der Waals surface area (Å²) in [5, 5.41) is 13.9. The molecule has 4 nitrogen and oxygen atoms in total. The normalized spacial score (nSPS) is 9.86. The summed E-state index contributed by atoms with van der Waals surface area (Å²) in [6, 6.07) is 12.0. The monoisotopic (exact) mass is 301 g/mol. The van der Waals surface area contributed by atoms with Crippen LogP contribution in [-0.4, -0.2) is 12.5 Å². The smallest absolute Gasteiger partial charge is 0.226 e. The molecule has 0 bridgehead atoms. The molecule has 2 N–H and O–H groups in total. The quantitative estimate of drug-likeness (QED) is 0.890. The van der Waals surface area contributed by atoms with Gasteiger partial charge in [0.15, 0.2) is 0 Å². The first-order valence-corrected chi connectivity index (χ1v) is 6.58. The third kappa shape index (κ3) is 4.03. The van der Waals surface area contributed by atoms with E-state index < -0.39 is 11.6 Å². The topological polar surface area (TPSA) is 64.9 Å². The van der Waals surface area contributed by atoms with Crippen LogP contribution in [0.5, 0.6) is 0 Å². The number of carbonyl (C=O) groups excluding carboxylic acids is 1. The lowest BCUT2D eigenvalue weighted by Gasteiger charge is -2.09. The number of carbonyl (C=O) groups is 1. The molecule has 0 aliphatic heterocycles. The number of hydrogen-bond donors (Lipinski definition) is 2. The van der Waals surface area contributed by atoms with Gasteiger partial charge in [-0.25, -0.2) is 8.78 Å². The van der Waals surface area contributed by atoms with E-state index in [0.29, 0.717) is 11.3 Å². The van der Waals surface area contributed by atoms with Gasteiger partial charge in [-0.2, -0.15) is 5.26 Å². The Morgan fingerprint density at radius 2 is 1.82 bits per heavy atom. The van der Waals surface area contributed by atoms with Crippen molar-refractivity contribution in [3.8, 4) is 6.07 Å². The molecule has 1 amide bonds. The van der Waals surface area contributed by atoms with Crippen LogP contribution in [0, 0.1) is 23.0 Å². The molecule has 0 saturated heterocycles. The maximum absolute atomic E-state index is 13.4. The Morgan fingerprint density at radius 1 is 1.14 bits per heavy atom. The van der Waals surface area contributed by atoms with Gasteiger partial charge in [0.2, 0.25) is 5.91 Å². The molecule has 0 unspecified atom stereocenters. The summed E-state index contributed by atoms with van der Waals surface area (Å²) in [4.78, 5) is 11.8. The summed E-state index contributed by atoms with van der Waals surface area (Å²) < 4.78 is 26.7. The molecule has 0 radical (unpaired) electrons. The maximum Gasteiger partial charge on any atom is 0.226 e. The summed E-state index contributed by atoms with van der Waals surface area (Å²) in [7, 11) is 0. The van der Waals surface area contributed by atoms with E-state index in [0.717, 1.165) is 12.1 Å². The van der Waals surface area contributed by atoms with Gasteiger partial charge in [0.25, 0.3) is 0 Å². The molecular formula is C16H13F2N3O. The Labute approximate surface area is 126 Å². The number of nitriles is 1. The van der Waals surface area contributed by atoms with Crippen molar-refractivity contribution in [1.82, 2.24) is 0 Å². The molecule has 2 aromatic rings. The lowest BCUT2D eigenvalue weighted by Crippen LogP contribution is -2.17. The van der Waals surface area contributed by atoms with Gasteiger partial charge in [0, 0.05) is 18.7 Å². The molecule has 0 atom stereocenters. The zero-order valence-corrected chi connectivity index (χ0v) is 11.6. The van der Waals surface area contributed by atoms with E-state index in [1.165, 1.54) is 6.07 Å². The van der Waals surface area contributed by atoms with E-state index >= 15 is 0 Å². The van der Waals surface area contributed by atoms with Crippen LogP contribution in [0.25, 0.3) is 0 Å². The van der Waals surface area contributed by atoms with Crippen LogP contribution in [0.3, 0.4) is 0 Å². The minimum Gasteiger partial charge on any atom is -0.380 e. The summed E-state index contributed by atoms with van der Waals surface area (Å²) >= 11 is 0. The molecule has 0 saturated carbocycles. The Hall–Kier alpha value is -2.94. The number of rotatable bonds is 5. The van der Waals surface area contributed by atoms with E-state index in [1.807, 2.05) is 6.07 Å². The van der Waals surface area contributed by atoms with Gasteiger partial charge in [0.05, 0.1) is 11.6 Å². The van der Waals surface area contributed by atoms with Crippen LogP contribution in [-0.2, 0) is 4.79 Å². The fourth-order valence-electron chi connectivity index (χ4n) is 1.86. The second kappa shape index (κ2) is 7.18. The Kier molecular flexibility index (Phi) is 5.04. The average Bonchev–Trinajstić information content (AvgIpc) is 2.50. The van der Waals surface area contributed by atoms with Crippen LogP contribution in [0.1, 0.15) is 12.0 Å². The molecule has 0 fully saturated rings.